The molecule has 1 aliphatic heterocycles. The van der Waals surface area contributed by atoms with Crippen molar-refractivity contribution in [2.24, 2.45) is 0 Å². The van der Waals surface area contributed by atoms with Gasteiger partial charge in [0, 0.05) is 19.3 Å². The first-order valence-corrected chi connectivity index (χ1v) is 5.41. The van der Waals surface area contributed by atoms with Gasteiger partial charge < -0.3 is 10.0 Å². The molecule has 1 atom stereocenters. The standard InChI is InChI=1S/C10H10ClF3N2O/c11-8-3-6(10(12,13)14)4-15-9(8)16-2-1-7(17)5-16/h3-4,7,17H,1-2,5H2/t7-/m0/s1. The van der Waals surface area contributed by atoms with Crippen LogP contribution < -0.4 is 4.90 Å². The van der Waals surface area contributed by atoms with Crippen molar-refractivity contribution in [3.63, 3.8) is 0 Å². The van der Waals surface area contributed by atoms with Gasteiger partial charge in [0.2, 0.25) is 0 Å². The van der Waals surface area contributed by atoms with Gasteiger partial charge in [0.25, 0.3) is 0 Å². The molecular weight excluding hydrogens is 257 g/mol. The Morgan fingerprint density at radius 3 is 2.65 bits per heavy atom. The smallest absolute Gasteiger partial charge is 0.391 e. The minimum atomic E-state index is -4.44. The summed E-state index contributed by atoms with van der Waals surface area (Å²) in [7, 11) is 0. The van der Waals surface area contributed by atoms with Gasteiger partial charge in [-0.1, -0.05) is 11.6 Å². The minimum absolute atomic E-state index is 0.0473. The maximum Gasteiger partial charge on any atom is 0.417 e. The summed E-state index contributed by atoms with van der Waals surface area (Å²) in [5.74, 6) is 0.288. The molecule has 0 radical (unpaired) electrons. The second-order valence-corrected chi connectivity index (χ2v) is 4.32. The number of halogens is 4. The van der Waals surface area contributed by atoms with Crippen molar-refractivity contribution in [1.82, 2.24) is 4.98 Å². The highest BCUT2D eigenvalue weighted by molar-refractivity contribution is 6.33. The molecule has 1 aromatic rings. The first-order valence-electron chi connectivity index (χ1n) is 5.03. The highest BCUT2D eigenvalue weighted by atomic mass is 35.5. The van der Waals surface area contributed by atoms with E-state index in [1.54, 1.807) is 4.90 Å². The average molecular weight is 267 g/mol. The molecule has 0 spiro atoms. The van der Waals surface area contributed by atoms with Gasteiger partial charge in [0.1, 0.15) is 5.82 Å². The molecule has 1 fully saturated rings. The molecule has 1 aromatic heterocycles. The Morgan fingerprint density at radius 2 is 2.18 bits per heavy atom. The molecule has 1 aliphatic rings. The fourth-order valence-electron chi connectivity index (χ4n) is 1.75. The Bertz CT molecular complexity index is 425. The molecule has 0 saturated carbocycles. The van der Waals surface area contributed by atoms with E-state index in [1.165, 1.54) is 0 Å². The molecule has 0 aromatic carbocycles. The van der Waals surface area contributed by atoms with Crippen molar-refractivity contribution < 1.29 is 18.3 Å². The predicted octanol–water partition coefficient (Wildman–Crippen LogP) is 2.32. The summed E-state index contributed by atoms with van der Waals surface area (Å²) < 4.78 is 37.2. The zero-order chi connectivity index (χ0) is 12.6. The maximum atomic E-state index is 12.4. The van der Waals surface area contributed by atoms with Gasteiger partial charge in [0.05, 0.1) is 16.7 Å². The highest BCUT2D eigenvalue weighted by Crippen LogP contribution is 2.34. The van der Waals surface area contributed by atoms with Crippen LogP contribution in [0.3, 0.4) is 0 Å². The quantitative estimate of drug-likeness (QED) is 0.847. The number of nitrogens with zero attached hydrogens (tertiary/aromatic N) is 2. The fourth-order valence-corrected chi connectivity index (χ4v) is 2.04. The van der Waals surface area contributed by atoms with E-state index in [2.05, 4.69) is 4.98 Å². The van der Waals surface area contributed by atoms with Crippen molar-refractivity contribution in [3.8, 4) is 0 Å². The van der Waals surface area contributed by atoms with Gasteiger partial charge in [0.15, 0.2) is 0 Å². The third-order valence-corrected chi connectivity index (χ3v) is 2.89. The SMILES string of the molecule is O[C@H]1CCN(c2ncc(C(F)(F)F)cc2Cl)C1. The lowest BCUT2D eigenvalue weighted by molar-refractivity contribution is -0.137. The lowest BCUT2D eigenvalue weighted by atomic mass is 10.2. The van der Waals surface area contributed by atoms with Crippen molar-refractivity contribution >= 4 is 17.4 Å². The molecular formula is C10H10ClF3N2O. The number of β-amino-alcohol motifs (C(OH)–C–C–N with tert-alkyl or cyclic N) is 1. The Labute approximate surface area is 101 Å². The molecule has 94 valence electrons. The zero-order valence-corrected chi connectivity index (χ0v) is 9.46. The largest absolute Gasteiger partial charge is 0.417 e. The van der Waals surface area contributed by atoms with Crippen LogP contribution in [-0.4, -0.2) is 29.3 Å². The van der Waals surface area contributed by atoms with Crippen LogP contribution in [0.2, 0.25) is 5.02 Å². The van der Waals surface area contributed by atoms with Crippen LogP contribution in [0.5, 0.6) is 0 Å². The van der Waals surface area contributed by atoms with E-state index in [0.717, 1.165) is 12.3 Å². The van der Waals surface area contributed by atoms with Crippen molar-refractivity contribution in [2.75, 3.05) is 18.0 Å². The van der Waals surface area contributed by atoms with Crippen LogP contribution in [-0.2, 0) is 6.18 Å². The predicted molar refractivity (Wildman–Crippen MR) is 57.1 cm³/mol. The molecule has 0 unspecified atom stereocenters. The molecule has 2 heterocycles. The summed E-state index contributed by atoms with van der Waals surface area (Å²) in [5.41, 5.74) is -0.869. The fraction of sp³-hybridized carbons (Fsp3) is 0.500. The normalized spacial score (nSPS) is 21.0. The number of hydrogen-bond acceptors (Lipinski definition) is 3. The van der Waals surface area contributed by atoms with Crippen LogP contribution in [0.25, 0.3) is 0 Å². The number of pyridine rings is 1. The second kappa shape index (κ2) is 4.34. The molecule has 0 bridgehead atoms. The number of aliphatic hydroxyl groups is 1. The van der Waals surface area contributed by atoms with Gasteiger partial charge in [-0.25, -0.2) is 4.98 Å². The lowest BCUT2D eigenvalue weighted by Crippen LogP contribution is -2.23. The Balaban J connectivity index is 2.26. The van der Waals surface area contributed by atoms with E-state index >= 15 is 0 Å². The molecule has 7 heteroatoms. The maximum absolute atomic E-state index is 12.4. The van der Waals surface area contributed by atoms with Crippen molar-refractivity contribution in [3.05, 3.63) is 22.8 Å². The summed E-state index contributed by atoms with van der Waals surface area (Å²) in [6.07, 6.45) is -3.60. The van der Waals surface area contributed by atoms with Crippen molar-refractivity contribution in [1.29, 1.82) is 0 Å². The van der Waals surface area contributed by atoms with E-state index in [4.69, 9.17) is 11.6 Å². The van der Waals surface area contributed by atoms with Gasteiger partial charge in [-0.15, -0.1) is 0 Å². The third-order valence-electron chi connectivity index (χ3n) is 2.61. The average Bonchev–Trinajstić information content (AvgIpc) is 2.63. The number of aliphatic hydroxyl groups excluding tert-OH is 1. The Morgan fingerprint density at radius 1 is 1.47 bits per heavy atom. The molecule has 0 amide bonds. The van der Waals surface area contributed by atoms with Crippen LogP contribution in [0.4, 0.5) is 19.0 Å². The third kappa shape index (κ3) is 2.63. The first kappa shape index (κ1) is 12.4. The van der Waals surface area contributed by atoms with E-state index in [1.807, 2.05) is 0 Å². The molecule has 3 nitrogen and oxygen atoms in total. The molecule has 1 saturated heterocycles. The summed E-state index contributed by atoms with van der Waals surface area (Å²) >= 11 is 5.78. The topological polar surface area (TPSA) is 36.4 Å². The molecule has 17 heavy (non-hydrogen) atoms. The van der Waals surface area contributed by atoms with Gasteiger partial charge in [-0.05, 0) is 12.5 Å². The summed E-state index contributed by atoms with van der Waals surface area (Å²) in [6, 6.07) is 0.856. The van der Waals surface area contributed by atoms with Gasteiger partial charge >= 0.3 is 6.18 Å². The van der Waals surface area contributed by atoms with Crippen LogP contribution >= 0.6 is 11.6 Å². The first-order chi connectivity index (χ1) is 7.88. The van der Waals surface area contributed by atoms with E-state index in [9.17, 15) is 18.3 Å². The van der Waals surface area contributed by atoms with Crippen molar-refractivity contribution in [2.45, 2.75) is 18.7 Å². The molecule has 0 aliphatic carbocycles. The lowest BCUT2D eigenvalue weighted by Gasteiger charge is -2.18. The Kier molecular flexibility index (Phi) is 3.18. The van der Waals surface area contributed by atoms with Gasteiger partial charge in [-0.3, -0.25) is 0 Å². The number of rotatable bonds is 1. The van der Waals surface area contributed by atoms with E-state index < -0.39 is 17.8 Å². The number of alkyl halides is 3. The summed E-state index contributed by atoms with van der Waals surface area (Å²) in [5, 5.41) is 9.30. The zero-order valence-electron chi connectivity index (χ0n) is 8.71. The van der Waals surface area contributed by atoms with Gasteiger partial charge in [-0.2, -0.15) is 13.2 Å². The van der Waals surface area contributed by atoms with Crippen LogP contribution in [0, 0.1) is 0 Å². The second-order valence-electron chi connectivity index (χ2n) is 3.92. The summed E-state index contributed by atoms with van der Waals surface area (Å²) in [4.78, 5) is 5.40. The molecule has 1 N–H and O–H groups in total. The van der Waals surface area contributed by atoms with Crippen LogP contribution in [0.1, 0.15) is 12.0 Å². The molecule has 2 rings (SSSR count). The highest BCUT2D eigenvalue weighted by Gasteiger charge is 2.32. The summed E-state index contributed by atoms with van der Waals surface area (Å²) in [6.45, 7) is 0.886. The van der Waals surface area contributed by atoms with E-state index in [-0.39, 0.29) is 10.8 Å². The van der Waals surface area contributed by atoms with Crippen LogP contribution in [0.15, 0.2) is 12.3 Å². The number of aromatic nitrogens is 1. The number of hydrogen-bond donors (Lipinski definition) is 1. The number of anilines is 1. The van der Waals surface area contributed by atoms with E-state index in [0.29, 0.717) is 19.5 Å². The minimum Gasteiger partial charge on any atom is -0.391 e. The Hall–Kier alpha value is -1.01. The monoisotopic (exact) mass is 266 g/mol.